The highest BCUT2D eigenvalue weighted by molar-refractivity contribution is 7.41. The zero-order valence-electron chi connectivity index (χ0n) is 24.2. The Morgan fingerprint density at radius 1 is 0.895 bits per heavy atom. The van der Waals surface area contributed by atoms with Crippen LogP contribution in [0.5, 0.6) is 0 Å². The molecule has 0 aliphatic carbocycles. The van der Waals surface area contributed by atoms with Crippen molar-refractivity contribution in [3.63, 3.8) is 0 Å². The van der Waals surface area contributed by atoms with Crippen LogP contribution in [0.15, 0.2) is 53.5 Å². The fourth-order valence-electron chi connectivity index (χ4n) is 4.22. The van der Waals surface area contributed by atoms with Gasteiger partial charge in [0.05, 0.1) is 17.8 Å². The molecule has 0 N–H and O–H groups in total. The first-order valence-electron chi connectivity index (χ1n) is 13.6. The molecule has 2 aromatic rings. The molecule has 7 heteroatoms. The molecule has 1 atom stereocenters. The van der Waals surface area contributed by atoms with Gasteiger partial charge in [-0.15, -0.1) is 0 Å². The van der Waals surface area contributed by atoms with E-state index in [4.69, 9.17) is 23.3 Å². The smallest absolute Gasteiger partial charge is 0.333 e. The summed E-state index contributed by atoms with van der Waals surface area (Å²) >= 11 is 0. The predicted octanol–water partition coefficient (Wildman–Crippen LogP) is 8.38. The van der Waals surface area contributed by atoms with Gasteiger partial charge in [0.1, 0.15) is 18.0 Å². The van der Waals surface area contributed by atoms with E-state index in [0.717, 1.165) is 31.2 Å². The molecule has 0 fully saturated rings. The molecular weight excluding hydrogens is 500 g/mol. The van der Waals surface area contributed by atoms with E-state index in [9.17, 15) is 0 Å². The summed E-state index contributed by atoms with van der Waals surface area (Å²) in [6, 6.07) is 16.2. The number of rotatable bonds is 13. The zero-order valence-corrected chi connectivity index (χ0v) is 25.1. The van der Waals surface area contributed by atoms with Crippen molar-refractivity contribution in [1.82, 2.24) is 0 Å². The number of hydrogen-bond acceptors (Lipinski definition) is 5. The molecule has 5 nitrogen and oxygen atoms in total. The summed E-state index contributed by atoms with van der Waals surface area (Å²) in [6.07, 6.45) is 5.21. The zero-order chi connectivity index (χ0) is 27.8. The van der Waals surface area contributed by atoms with Gasteiger partial charge in [0.25, 0.3) is 0 Å². The minimum atomic E-state index is -1.60. The molecule has 0 saturated carbocycles. The second-order valence-electron chi connectivity index (χ2n) is 12.2. The highest BCUT2D eigenvalue weighted by atomic mass is 31.2. The Labute approximate surface area is 230 Å². The van der Waals surface area contributed by atoms with Crippen molar-refractivity contribution >= 4 is 14.5 Å². The largest absolute Gasteiger partial charge is 0.479 e. The summed E-state index contributed by atoms with van der Waals surface area (Å²) in [7, 11) is -1.60. The lowest BCUT2D eigenvalue weighted by Gasteiger charge is -2.32. The monoisotopic (exact) mass is 545 g/mol. The summed E-state index contributed by atoms with van der Waals surface area (Å²) in [5.41, 5.74) is 1.65. The number of ether oxygens (including phenoxy) is 1. The van der Waals surface area contributed by atoms with E-state index in [0.29, 0.717) is 30.9 Å². The maximum Gasteiger partial charge on any atom is 0.333 e. The van der Waals surface area contributed by atoms with Crippen molar-refractivity contribution in [1.29, 1.82) is 0 Å². The first kappa shape index (κ1) is 30.7. The molecule has 38 heavy (non-hydrogen) atoms. The van der Waals surface area contributed by atoms with Crippen LogP contribution < -0.4 is 0 Å². The van der Waals surface area contributed by atoms with E-state index in [1.807, 2.05) is 60.6 Å². The lowest BCUT2D eigenvalue weighted by molar-refractivity contribution is 0.0240. The van der Waals surface area contributed by atoms with E-state index in [1.54, 1.807) is 6.07 Å². The van der Waals surface area contributed by atoms with E-state index in [-0.39, 0.29) is 12.4 Å². The topological polar surface area (TPSA) is 49.3 Å². The van der Waals surface area contributed by atoms with Crippen LogP contribution in [0.2, 0.25) is 0 Å². The SMILES string of the molecule is CC1=NC(CCc2ccc(CCCCc3ccccc3)cc2F)(COP(OC(C)(C)C)OC(C)(C)C)CO1. The van der Waals surface area contributed by atoms with Crippen LogP contribution in [-0.2, 0) is 37.6 Å². The number of benzene rings is 2. The minimum absolute atomic E-state index is 0.157. The third-order valence-electron chi connectivity index (χ3n) is 6.08. The third kappa shape index (κ3) is 10.7. The van der Waals surface area contributed by atoms with Gasteiger partial charge in [-0.05, 0) is 103 Å². The Morgan fingerprint density at radius 2 is 1.53 bits per heavy atom. The van der Waals surface area contributed by atoms with Crippen LogP contribution >= 0.6 is 8.60 Å². The van der Waals surface area contributed by atoms with Crippen LogP contribution in [0.3, 0.4) is 0 Å². The van der Waals surface area contributed by atoms with E-state index in [2.05, 4.69) is 30.3 Å². The van der Waals surface area contributed by atoms with E-state index < -0.39 is 25.3 Å². The fourth-order valence-corrected chi connectivity index (χ4v) is 5.61. The van der Waals surface area contributed by atoms with Gasteiger partial charge in [0.2, 0.25) is 0 Å². The molecular formula is C31H45FNO4P. The summed E-state index contributed by atoms with van der Waals surface area (Å²) in [5, 5.41) is 0. The van der Waals surface area contributed by atoms with Crippen molar-refractivity contribution in [2.24, 2.45) is 4.99 Å². The van der Waals surface area contributed by atoms with Crippen LogP contribution in [0.1, 0.15) is 84.4 Å². The van der Waals surface area contributed by atoms with Gasteiger partial charge in [-0.3, -0.25) is 0 Å². The number of halogens is 1. The maximum atomic E-state index is 15.1. The second-order valence-corrected chi connectivity index (χ2v) is 13.2. The summed E-state index contributed by atoms with van der Waals surface area (Å²) in [4.78, 5) is 4.77. The van der Waals surface area contributed by atoms with Gasteiger partial charge in [-0.1, -0.05) is 42.5 Å². The van der Waals surface area contributed by atoms with Gasteiger partial charge in [0.15, 0.2) is 5.90 Å². The molecule has 0 saturated heterocycles. The number of unbranched alkanes of at least 4 members (excludes halogenated alkanes) is 1. The lowest BCUT2D eigenvalue weighted by Crippen LogP contribution is -2.35. The molecule has 1 heterocycles. The van der Waals surface area contributed by atoms with Gasteiger partial charge in [0, 0.05) is 6.92 Å². The summed E-state index contributed by atoms with van der Waals surface area (Å²) in [5.74, 6) is 0.466. The third-order valence-corrected chi connectivity index (χ3v) is 7.81. The molecule has 2 aromatic carbocycles. The molecule has 210 valence electrons. The normalized spacial score (nSPS) is 18.1. The predicted molar refractivity (Wildman–Crippen MR) is 154 cm³/mol. The highest BCUT2D eigenvalue weighted by Gasteiger charge is 2.38. The van der Waals surface area contributed by atoms with Gasteiger partial charge < -0.3 is 18.3 Å². The van der Waals surface area contributed by atoms with Gasteiger partial charge >= 0.3 is 8.60 Å². The van der Waals surface area contributed by atoms with Crippen molar-refractivity contribution in [3.05, 3.63) is 71.0 Å². The quantitative estimate of drug-likeness (QED) is 0.187. The van der Waals surface area contributed by atoms with Gasteiger partial charge in [-0.2, -0.15) is 0 Å². The maximum absolute atomic E-state index is 15.1. The standard InChI is InChI=1S/C31H45FNO4P/c1-24-33-31(22-34-24,23-35-38(36-29(2,3)4)37-30(5,6)7)20-19-27-18-17-26(21-28(27)32)16-12-11-15-25-13-9-8-10-14-25/h8-10,13-14,17-18,21H,11-12,15-16,19-20,22-23H2,1-7H3. The minimum Gasteiger partial charge on any atom is -0.479 e. The summed E-state index contributed by atoms with van der Waals surface area (Å²) < 4.78 is 39.1. The number of hydrogen-bond donors (Lipinski definition) is 0. The molecule has 0 amide bonds. The summed E-state index contributed by atoms with van der Waals surface area (Å²) in [6.45, 7) is 14.4. The fraction of sp³-hybridized carbons (Fsp3) is 0.581. The lowest BCUT2D eigenvalue weighted by atomic mass is 9.93. The number of nitrogens with zero attached hydrogens (tertiary/aromatic N) is 1. The average molecular weight is 546 g/mol. The second kappa shape index (κ2) is 13.5. The van der Waals surface area contributed by atoms with Gasteiger partial charge in [-0.25, -0.2) is 9.38 Å². The molecule has 3 rings (SSSR count). The van der Waals surface area contributed by atoms with Crippen LogP contribution in [0.25, 0.3) is 0 Å². The Hall–Kier alpha value is -1.85. The number of aryl methyl sites for hydroxylation is 3. The first-order chi connectivity index (χ1) is 17.8. The van der Waals surface area contributed by atoms with Crippen molar-refractivity contribution < 1.29 is 22.7 Å². The highest BCUT2D eigenvalue weighted by Crippen LogP contribution is 2.48. The molecule has 0 radical (unpaired) electrons. The van der Waals surface area contributed by atoms with E-state index in [1.165, 1.54) is 5.56 Å². The molecule has 1 unspecified atom stereocenters. The van der Waals surface area contributed by atoms with Crippen LogP contribution in [0.4, 0.5) is 4.39 Å². The molecule has 0 spiro atoms. The Kier molecular flexibility index (Phi) is 10.9. The molecule has 0 bridgehead atoms. The van der Waals surface area contributed by atoms with Crippen molar-refractivity contribution in [2.45, 2.75) is 104 Å². The molecule has 0 aromatic heterocycles. The molecule has 1 aliphatic heterocycles. The van der Waals surface area contributed by atoms with Crippen molar-refractivity contribution in [3.8, 4) is 0 Å². The Bertz CT molecular complexity index is 1030. The number of aliphatic imine (C=N–C) groups is 1. The van der Waals surface area contributed by atoms with Crippen LogP contribution in [-0.4, -0.2) is 35.9 Å². The Balaban J connectivity index is 1.57. The van der Waals surface area contributed by atoms with E-state index >= 15 is 4.39 Å². The molecule has 1 aliphatic rings. The average Bonchev–Trinajstić information content (AvgIpc) is 3.19. The Morgan fingerprint density at radius 3 is 2.08 bits per heavy atom. The first-order valence-corrected chi connectivity index (χ1v) is 14.7. The van der Waals surface area contributed by atoms with Crippen LogP contribution in [0, 0.1) is 5.82 Å². The van der Waals surface area contributed by atoms with Crippen molar-refractivity contribution in [2.75, 3.05) is 13.2 Å².